The van der Waals surface area contributed by atoms with Gasteiger partial charge in [-0.3, -0.25) is 0 Å². The summed E-state index contributed by atoms with van der Waals surface area (Å²) in [6.45, 7) is 5.94. The predicted octanol–water partition coefficient (Wildman–Crippen LogP) is 2.45. The molecule has 5 nitrogen and oxygen atoms in total. The van der Waals surface area contributed by atoms with Gasteiger partial charge in [0.2, 0.25) is 0 Å². The highest BCUT2D eigenvalue weighted by Crippen LogP contribution is 2.21. The van der Waals surface area contributed by atoms with Crippen molar-refractivity contribution < 1.29 is 14.6 Å². The summed E-state index contributed by atoms with van der Waals surface area (Å²) < 4.78 is 5.76. The first-order valence-corrected chi connectivity index (χ1v) is 8.03. The van der Waals surface area contributed by atoms with Crippen molar-refractivity contribution in [2.24, 2.45) is 0 Å². The summed E-state index contributed by atoms with van der Waals surface area (Å²) in [6, 6.07) is 5.86. The van der Waals surface area contributed by atoms with Gasteiger partial charge in [-0.15, -0.1) is 0 Å². The van der Waals surface area contributed by atoms with Gasteiger partial charge in [-0.05, 0) is 37.8 Å². The zero-order valence-electron chi connectivity index (χ0n) is 13.5. The molecular weight excluding hydrogens is 280 g/mol. The molecule has 1 aliphatic heterocycles. The van der Waals surface area contributed by atoms with E-state index in [2.05, 4.69) is 12.2 Å². The maximum atomic E-state index is 12.2. The van der Waals surface area contributed by atoms with E-state index in [1.807, 2.05) is 25.1 Å². The molecule has 5 heteroatoms. The highest BCUT2D eigenvalue weighted by molar-refractivity contribution is 5.75. The molecule has 2 rings (SSSR count). The minimum Gasteiger partial charge on any atom is -0.493 e. The number of hydrogen-bond donors (Lipinski definition) is 2. The number of amides is 2. The second kappa shape index (κ2) is 8.03. The lowest BCUT2D eigenvalue weighted by atomic mass is 10.1. The van der Waals surface area contributed by atoms with Crippen LogP contribution in [0.5, 0.6) is 5.75 Å². The highest BCUT2D eigenvalue weighted by Gasteiger charge is 2.27. The van der Waals surface area contributed by atoms with Gasteiger partial charge in [-0.1, -0.05) is 19.1 Å². The van der Waals surface area contributed by atoms with Crippen molar-refractivity contribution in [2.75, 3.05) is 19.8 Å². The van der Waals surface area contributed by atoms with Gasteiger partial charge in [-0.2, -0.15) is 0 Å². The van der Waals surface area contributed by atoms with Crippen molar-refractivity contribution in [2.45, 2.75) is 45.7 Å². The molecule has 1 aromatic rings. The lowest BCUT2D eigenvalue weighted by Crippen LogP contribution is -2.43. The molecular formula is C17H26N2O3. The summed E-state index contributed by atoms with van der Waals surface area (Å²) in [6.07, 6.45) is 2.78. The van der Waals surface area contributed by atoms with Gasteiger partial charge in [-0.25, -0.2) is 4.79 Å². The highest BCUT2D eigenvalue weighted by atomic mass is 16.5. The minimum absolute atomic E-state index is 0.0306. The number of aliphatic hydroxyl groups is 1. The van der Waals surface area contributed by atoms with Crippen molar-refractivity contribution in [1.82, 2.24) is 10.2 Å². The Hall–Kier alpha value is -1.75. The standard InChI is InChI=1S/C17H26N2O3/c1-3-9-22-16-10-13(2)6-7-14(16)11-18-17(21)19-8-4-5-15(19)12-20/h6-7,10,15,20H,3-5,8-9,11-12H2,1-2H3,(H,18,21). The normalized spacial score (nSPS) is 17.6. The smallest absolute Gasteiger partial charge is 0.317 e. The summed E-state index contributed by atoms with van der Waals surface area (Å²) in [5.74, 6) is 0.835. The van der Waals surface area contributed by atoms with Crippen LogP contribution < -0.4 is 10.1 Å². The number of carbonyl (C=O) groups is 1. The maximum absolute atomic E-state index is 12.2. The van der Waals surface area contributed by atoms with Crippen molar-refractivity contribution >= 4 is 6.03 Å². The Bertz CT molecular complexity index is 505. The average molecular weight is 306 g/mol. The third-order valence-corrected chi connectivity index (χ3v) is 3.96. The van der Waals surface area contributed by atoms with Crippen molar-refractivity contribution in [3.63, 3.8) is 0 Å². The van der Waals surface area contributed by atoms with Crippen LogP contribution in [0.15, 0.2) is 18.2 Å². The van der Waals surface area contributed by atoms with Crippen LogP contribution in [0.4, 0.5) is 4.79 Å². The van der Waals surface area contributed by atoms with E-state index in [9.17, 15) is 9.90 Å². The molecule has 1 saturated heterocycles. The Morgan fingerprint density at radius 2 is 2.32 bits per heavy atom. The molecule has 2 amide bonds. The monoisotopic (exact) mass is 306 g/mol. The minimum atomic E-state index is -0.112. The topological polar surface area (TPSA) is 61.8 Å². The van der Waals surface area contributed by atoms with Crippen molar-refractivity contribution in [1.29, 1.82) is 0 Å². The number of urea groups is 1. The third-order valence-electron chi connectivity index (χ3n) is 3.96. The molecule has 122 valence electrons. The van der Waals surface area contributed by atoms with Gasteiger partial charge in [0.15, 0.2) is 0 Å². The third kappa shape index (κ3) is 4.13. The molecule has 1 fully saturated rings. The number of ether oxygens (including phenoxy) is 1. The summed E-state index contributed by atoms with van der Waals surface area (Å²) in [5.41, 5.74) is 2.12. The molecule has 0 radical (unpaired) electrons. The zero-order chi connectivity index (χ0) is 15.9. The fraction of sp³-hybridized carbons (Fsp3) is 0.588. The predicted molar refractivity (Wildman–Crippen MR) is 86.0 cm³/mol. The van der Waals surface area contributed by atoms with E-state index in [-0.39, 0.29) is 18.7 Å². The van der Waals surface area contributed by atoms with E-state index in [0.717, 1.165) is 36.1 Å². The van der Waals surface area contributed by atoms with Gasteiger partial charge in [0.1, 0.15) is 5.75 Å². The molecule has 1 aliphatic rings. The molecule has 1 heterocycles. The first-order chi connectivity index (χ1) is 10.7. The molecule has 2 N–H and O–H groups in total. The van der Waals surface area contributed by atoms with Crippen molar-refractivity contribution in [3.05, 3.63) is 29.3 Å². The number of carbonyl (C=O) groups excluding carboxylic acids is 1. The van der Waals surface area contributed by atoms with E-state index in [1.165, 1.54) is 0 Å². The van der Waals surface area contributed by atoms with Gasteiger partial charge in [0, 0.05) is 18.7 Å². The maximum Gasteiger partial charge on any atom is 0.317 e. The number of aliphatic hydroxyl groups excluding tert-OH is 1. The van der Waals surface area contributed by atoms with E-state index < -0.39 is 0 Å². The quantitative estimate of drug-likeness (QED) is 0.848. The molecule has 0 bridgehead atoms. The summed E-state index contributed by atoms with van der Waals surface area (Å²) in [4.78, 5) is 14.0. The van der Waals surface area contributed by atoms with Gasteiger partial charge >= 0.3 is 6.03 Å². The van der Waals surface area contributed by atoms with Crippen LogP contribution in [-0.2, 0) is 6.54 Å². The largest absolute Gasteiger partial charge is 0.493 e. The second-order valence-electron chi connectivity index (χ2n) is 5.79. The molecule has 1 unspecified atom stereocenters. The van der Waals surface area contributed by atoms with Gasteiger partial charge in [0.05, 0.1) is 19.3 Å². The molecule has 0 spiro atoms. The lowest BCUT2D eigenvalue weighted by molar-refractivity contribution is 0.157. The fourth-order valence-electron chi connectivity index (χ4n) is 2.72. The molecule has 22 heavy (non-hydrogen) atoms. The molecule has 0 saturated carbocycles. The fourth-order valence-corrected chi connectivity index (χ4v) is 2.72. The summed E-state index contributed by atoms with van der Waals surface area (Å²) >= 11 is 0. The van der Waals surface area contributed by atoms with E-state index in [0.29, 0.717) is 19.7 Å². The number of nitrogens with zero attached hydrogens (tertiary/aromatic N) is 1. The Labute approximate surface area is 132 Å². The molecule has 0 aromatic heterocycles. The lowest BCUT2D eigenvalue weighted by Gasteiger charge is -2.23. The van der Waals surface area contributed by atoms with Crippen molar-refractivity contribution in [3.8, 4) is 5.75 Å². The van der Waals surface area contributed by atoms with Crippen LogP contribution in [0, 0.1) is 6.92 Å². The zero-order valence-corrected chi connectivity index (χ0v) is 13.5. The molecule has 1 atom stereocenters. The van der Waals surface area contributed by atoms with Gasteiger partial charge < -0.3 is 20.1 Å². The summed E-state index contributed by atoms with van der Waals surface area (Å²) in [5, 5.41) is 12.2. The first kappa shape index (κ1) is 16.6. The Kier molecular flexibility index (Phi) is 6.07. The Morgan fingerprint density at radius 3 is 3.05 bits per heavy atom. The van der Waals surface area contributed by atoms with Crippen LogP contribution in [0.25, 0.3) is 0 Å². The van der Waals surface area contributed by atoms with E-state index in [4.69, 9.17) is 4.74 Å². The van der Waals surface area contributed by atoms with Crippen LogP contribution >= 0.6 is 0 Å². The number of aryl methyl sites for hydroxylation is 1. The number of rotatable bonds is 6. The number of benzene rings is 1. The number of nitrogens with one attached hydrogen (secondary N) is 1. The van der Waals surface area contributed by atoms with Crippen LogP contribution in [0.2, 0.25) is 0 Å². The van der Waals surface area contributed by atoms with Gasteiger partial charge in [0.25, 0.3) is 0 Å². The van der Waals surface area contributed by atoms with E-state index in [1.54, 1.807) is 4.90 Å². The molecule has 1 aromatic carbocycles. The Balaban J connectivity index is 1.97. The van der Waals surface area contributed by atoms with Crippen LogP contribution in [-0.4, -0.2) is 41.8 Å². The summed E-state index contributed by atoms with van der Waals surface area (Å²) in [7, 11) is 0. The van der Waals surface area contributed by atoms with Crippen LogP contribution in [0.3, 0.4) is 0 Å². The number of likely N-dealkylation sites (tertiary alicyclic amines) is 1. The first-order valence-electron chi connectivity index (χ1n) is 8.03. The average Bonchev–Trinajstić information content (AvgIpc) is 3.00. The Morgan fingerprint density at radius 1 is 1.50 bits per heavy atom. The number of hydrogen-bond acceptors (Lipinski definition) is 3. The van der Waals surface area contributed by atoms with E-state index >= 15 is 0 Å². The molecule has 0 aliphatic carbocycles. The second-order valence-corrected chi connectivity index (χ2v) is 5.79. The van der Waals surface area contributed by atoms with Crippen LogP contribution in [0.1, 0.15) is 37.3 Å². The SMILES string of the molecule is CCCOc1cc(C)ccc1CNC(=O)N1CCCC1CO.